The van der Waals surface area contributed by atoms with Crippen molar-refractivity contribution in [3.8, 4) is 5.75 Å². The van der Waals surface area contributed by atoms with Gasteiger partial charge in [-0.25, -0.2) is 0 Å². The summed E-state index contributed by atoms with van der Waals surface area (Å²) in [6.45, 7) is 3.64. The molecule has 0 spiro atoms. The maximum Gasteiger partial charge on any atom is 0.119 e. The van der Waals surface area contributed by atoms with E-state index in [1.165, 1.54) is 5.56 Å². The first-order valence-electron chi connectivity index (χ1n) is 5.89. The van der Waals surface area contributed by atoms with Gasteiger partial charge in [0.25, 0.3) is 0 Å². The van der Waals surface area contributed by atoms with Gasteiger partial charge in [0.05, 0.1) is 0 Å². The smallest absolute Gasteiger partial charge is 0.119 e. The third-order valence-electron chi connectivity index (χ3n) is 2.48. The highest BCUT2D eigenvalue weighted by Crippen LogP contribution is 2.13. The molecule has 0 bridgehead atoms. The summed E-state index contributed by atoms with van der Waals surface area (Å²) in [5.74, 6) is 0.906. The fraction of sp³-hybridized carbons (Fsp3) is 0.200. The number of hydrogen-bond donors (Lipinski definition) is 1. The molecule has 0 heterocycles. The summed E-state index contributed by atoms with van der Waals surface area (Å²) >= 11 is 0. The van der Waals surface area contributed by atoms with E-state index >= 15 is 0 Å². The Hall–Kier alpha value is -1.96. The predicted molar refractivity (Wildman–Crippen MR) is 71.4 cm³/mol. The highest BCUT2D eigenvalue weighted by molar-refractivity contribution is 5.44. The first kappa shape index (κ1) is 11.5. The molecule has 0 saturated heterocycles. The molecule has 2 aromatic rings. The second-order valence-corrected chi connectivity index (χ2v) is 3.83. The summed E-state index contributed by atoms with van der Waals surface area (Å²) in [5, 5.41) is 3.27. The first-order chi connectivity index (χ1) is 8.38. The van der Waals surface area contributed by atoms with Crippen molar-refractivity contribution < 1.29 is 4.74 Å². The number of ether oxygens (including phenoxy) is 1. The summed E-state index contributed by atoms with van der Waals surface area (Å²) < 4.78 is 5.67. The van der Waals surface area contributed by atoms with Crippen molar-refractivity contribution in [1.82, 2.24) is 0 Å². The maximum absolute atomic E-state index is 5.67. The molecule has 2 rings (SSSR count). The van der Waals surface area contributed by atoms with Gasteiger partial charge in [-0.3, -0.25) is 0 Å². The van der Waals surface area contributed by atoms with E-state index in [4.69, 9.17) is 4.74 Å². The van der Waals surface area contributed by atoms with Gasteiger partial charge >= 0.3 is 0 Å². The molecular formula is C15H17NO. The minimum Gasteiger partial charge on any atom is -0.489 e. The second kappa shape index (κ2) is 5.94. The highest BCUT2D eigenvalue weighted by atomic mass is 16.5. The van der Waals surface area contributed by atoms with Gasteiger partial charge in [0, 0.05) is 12.2 Å². The number of para-hydroxylation sites is 1. The van der Waals surface area contributed by atoms with Crippen molar-refractivity contribution in [2.45, 2.75) is 13.5 Å². The molecular weight excluding hydrogens is 210 g/mol. The van der Waals surface area contributed by atoms with Crippen LogP contribution in [0.2, 0.25) is 0 Å². The van der Waals surface area contributed by atoms with Crippen molar-refractivity contribution in [2.24, 2.45) is 0 Å². The minimum atomic E-state index is 0.608. The van der Waals surface area contributed by atoms with Crippen LogP contribution in [0.25, 0.3) is 0 Å². The molecule has 0 aromatic heterocycles. The van der Waals surface area contributed by atoms with E-state index in [1.54, 1.807) is 0 Å². The van der Waals surface area contributed by atoms with E-state index in [-0.39, 0.29) is 0 Å². The molecule has 2 heteroatoms. The van der Waals surface area contributed by atoms with Gasteiger partial charge in [-0.05, 0) is 36.8 Å². The van der Waals surface area contributed by atoms with E-state index < -0.39 is 0 Å². The molecule has 2 aromatic carbocycles. The molecule has 88 valence electrons. The van der Waals surface area contributed by atoms with Crippen LogP contribution in [0.3, 0.4) is 0 Å². The van der Waals surface area contributed by atoms with E-state index in [0.29, 0.717) is 6.61 Å². The van der Waals surface area contributed by atoms with Gasteiger partial charge in [-0.15, -0.1) is 0 Å². The molecule has 0 aliphatic rings. The Labute approximate surface area is 102 Å². The monoisotopic (exact) mass is 227 g/mol. The molecule has 0 aliphatic heterocycles. The molecule has 0 unspecified atom stereocenters. The van der Waals surface area contributed by atoms with Crippen LogP contribution in [-0.2, 0) is 6.61 Å². The topological polar surface area (TPSA) is 21.3 Å². The van der Waals surface area contributed by atoms with Crippen molar-refractivity contribution in [3.63, 3.8) is 0 Å². The second-order valence-electron chi connectivity index (χ2n) is 3.83. The Morgan fingerprint density at radius 2 is 1.65 bits per heavy atom. The zero-order valence-corrected chi connectivity index (χ0v) is 10.0. The minimum absolute atomic E-state index is 0.608. The molecule has 0 fully saturated rings. The Bertz CT molecular complexity index is 436. The lowest BCUT2D eigenvalue weighted by Crippen LogP contribution is -1.98. The first-order valence-corrected chi connectivity index (χ1v) is 5.89. The maximum atomic E-state index is 5.67. The van der Waals surface area contributed by atoms with Gasteiger partial charge in [-0.1, -0.05) is 30.3 Å². The number of anilines is 1. The van der Waals surface area contributed by atoms with Gasteiger partial charge in [0.1, 0.15) is 12.4 Å². The van der Waals surface area contributed by atoms with Crippen molar-refractivity contribution in [3.05, 3.63) is 60.2 Å². The lowest BCUT2D eigenvalue weighted by Gasteiger charge is -2.07. The summed E-state index contributed by atoms with van der Waals surface area (Å²) in [4.78, 5) is 0. The average molecular weight is 227 g/mol. The van der Waals surface area contributed by atoms with E-state index in [0.717, 1.165) is 18.0 Å². The van der Waals surface area contributed by atoms with Crippen molar-refractivity contribution in [2.75, 3.05) is 11.9 Å². The van der Waals surface area contributed by atoms with Crippen LogP contribution in [0, 0.1) is 0 Å². The number of hydrogen-bond acceptors (Lipinski definition) is 2. The Balaban J connectivity index is 1.91. The molecule has 0 radical (unpaired) electrons. The van der Waals surface area contributed by atoms with Crippen LogP contribution in [-0.4, -0.2) is 6.54 Å². The quantitative estimate of drug-likeness (QED) is 0.841. The van der Waals surface area contributed by atoms with E-state index in [2.05, 4.69) is 36.5 Å². The van der Waals surface area contributed by atoms with E-state index in [9.17, 15) is 0 Å². The fourth-order valence-corrected chi connectivity index (χ4v) is 1.61. The lowest BCUT2D eigenvalue weighted by atomic mass is 10.2. The molecule has 0 amide bonds. The third-order valence-corrected chi connectivity index (χ3v) is 2.48. The summed E-state index contributed by atoms with van der Waals surface area (Å²) in [5.41, 5.74) is 2.33. The Morgan fingerprint density at radius 3 is 2.29 bits per heavy atom. The molecule has 2 nitrogen and oxygen atoms in total. The zero-order chi connectivity index (χ0) is 11.9. The molecule has 0 saturated carbocycles. The van der Waals surface area contributed by atoms with Crippen LogP contribution in [0.1, 0.15) is 12.5 Å². The SMILES string of the molecule is CCNc1ccc(COc2ccccc2)cc1. The Morgan fingerprint density at radius 1 is 0.941 bits per heavy atom. The predicted octanol–water partition coefficient (Wildman–Crippen LogP) is 3.70. The molecule has 17 heavy (non-hydrogen) atoms. The average Bonchev–Trinajstić information content (AvgIpc) is 2.40. The summed E-state index contributed by atoms with van der Waals surface area (Å²) in [6.07, 6.45) is 0. The molecule has 1 N–H and O–H groups in total. The Kier molecular flexibility index (Phi) is 4.03. The highest BCUT2D eigenvalue weighted by Gasteiger charge is 1.95. The van der Waals surface area contributed by atoms with Crippen molar-refractivity contribution in [1.29, 1.82) is 0 Å². The van der Waals surface area contributed by atoms with Crippen LogP contribution < -0.4 is 10.1 Å². The summed E-state index contributed by atoms with van der Waals surface area (Å²) in [6, 6.07) is 18.2. The molecule has 0 atom stereocenters. The number of rotatable bonds is 5. The number of nitrogens with one attached hydrogen (secondary N) is 1. The van der Waals surface area contributed by atoms with Gasteiger partial charge in [-0.2, -0.15) is 0 Å². The lowest BCUT2D eigenvalue weighted by molar-refractivity contribution is 0.306. The fourth-order valence-electron chi connectivity index (χ4n) is 1.61. The van der Waals surface area contributed by atoms with Gasteiger partial charge in [0.15, 0.2) is 0 Å². The van der Waals surface area contributed by atoms with Crippen LogP contribution in [0.5, 0.6) is 5.75 Å². The largest absolute Gasteiger partial charge is 0.489 e. The van der Waals surface area contributed by atoms with Crippen LogP contribution in [0.4, 0.5) is 5.69 Å². The van der Waals surface area contributed by atoms with E-state index in [1.807, 2.05) is 30.3 Å². The number of benzene rings is 2. The van der Waals surface area contributed by atoms with Crippen LogP contribution in [0.15, 0.2) is 54.6 Å². The van der Waals surface area contributed by atoms with Gasteiger partial charge < -0.3 is 10.1 Å². The standard InChI is InChI=1S/C15H17NO/c1-2-16-14-10-8-13(9-11-14)12-17-15-6-4-3-5-7-15/h3-11,16H,2,12H2,1H3. The van der Waals surface area contributed by atoms with Crippen molar-refractivity contribution >= 4 is 5.69 Å². The third kappa shape index (κ3) is 3.52. The normalized spacial score (nSPS) is 9.94. The van der Waals surface area contributed by atoms with Gasteiger partial charge in [0.2, 0.25) is 0 Å². The summed E-state index contributed by atoms with van der Waals surface area (Å²) in [7, 11) is 0. The van der Waals surface area contributed by atoms with Crippen LogP contribution >= 0.6 is 0 Å². The molecule has 0 aliphatic carbocycles. The zero-order valence-electron chi connectivity index (χ0n) is 10.0.